The fourth-order valence-corrected chi connectivity index (χ4v) is 3.89. The van der Waals surface area contributed by atoms with Gasteiger partial charge in [0.15, 0.2) is 0 Å². The molecule has 2 aromatic heterocycles. The molecule has 9 nitrogen and oxygen atoms in total. The minimum absolute atomic E-state index is 0.336. The highest BCUT2D eigenvalue weighted by molar-refractivity contribution is 5.30. The second-order valence-electron chi connectivity index (χ2n) is 7.45. The van der Waals surface area contributed by atoms with Gasteiger partial charge < -0.3 is 18.7 Å². The molecule has 0 saturated carbocycles. The van der Waals surface area contributed by atoms with Gasteiger partial charge in [-0.05, 0) is 24.4 Å². The van der Waals surface area contributed by atoms with Crippen LogP contribution in [0.5, 0.6) is 0 Å². The van der Waals surface area contributed by atoms with E-state index in [1.54, 1.807) is 0 Å². The lowest BCUT2D eigenvalue weighted by Crippen LogP contribution is -2.37. The molecular formula is C18H29N7O2. The normalized spacial score (nSPS) is 21.7. The van der Waals surface area contributed by atoms with E-state index in [2.05, 4.69) is 48.7 Å². The molecule has 0 aliphatic carbocycles. The molecule has 4 rings (SSSR count). The molecule has 0 aromatic carbocycles. The standard InChI is InChI=1S/C18H29N7O2/c1-3-5-16-19-18(22-27-16)25-7-4-6-14(12-25)17-21-20-15(23(17)2)13-24-8-10-26-11-9-24/h14H,3-13H2,1-2H3. The number of aryl methyl sites for hydroxylation is 1. The van der Waals surface area contributed by atoms with Crippen LogP contribution < -0.4 is 4.90 Å². The Hall–Kier alpha value is -2.00. The van der Waals surface area contributed by atoms with E-state index in [0.29, 0.717) is 11.9 Å². The molecule has 0 N–H and O–H groups in total. The Balaban J connectivity index is 1.43. The van der Waals surface area contributed by atoms with Crippen LogP contribution >= 0.6 is 0 Å². The summed E-state index contributed by atoms with van der Waals surface area (Å²) in [5.41, 5.74) is 0. The molecule has 2 aliphatic rings. The lowest BCUT2D eigenvalue weighted by molar-refractivity contribution is 0.0326. The van der Waals surface area contributed by atoms with Gasteiger partial charge in [-0.2, -0.15) is 4.98 Å². The quantitative estimate of drug-likeness (QED) is 0.748. The number of aromatic nitrogens is 5. The number of nitrogens with zero attached hydrogens (tertiary/aromatic N) is 7. The maximum atomic E-state index is 5.43. The molecule has 2 fully saturated rings. The fourth-order valence-electron chi connectivity index (χ4n) is 3.89. The van der Waals surface area contributed by atoms with Crippen molar-refractivity contribution >= 4 is 5.95 Å². The zero-order valence-corrected chi connectivity index (χ0v) is 16.3. The first-order valence-corrected chi connectivity index (χ1v) is 10.0. The van der Waals surface area contributed by atoms with Gasteiger partial charge in [0.05, 0.1) is 19.8 Å². The lowest BCUT2D eigenvalue weighted by atomic mass is 9.97. The highest BCUT2D eigenvalue weighted by atomic mass is 16.5. The lowest BCUT2D eigenvalue weighted by Gasteiger charge is -2.31. The zero-order chi connectivity index (χ0) is 18.6. The molecule has 0 amide bonds. The molecule has 4 heterocycles. The van der Waals surface area contributed by atoms with Crippen molar-refractivity contribution < 1.29 is 9.26 Å². The summed E-state index contributed by atoms with van der Waals surface area (Å²) in [6.45, 7) is 8.27. The average Bonchev–Trinajstić information content (AvgIpc) is 3.31. The molecule has 0 bridgehead atoms. The summed E-state index contributed by atoms with van der Waals surface area (Å²) in [6, 6.07) is 0. The Labute approximate surface area is 159 Å². The predicted octanol–water partition coefficient (Wildman–Crippen LogP) is 1.37. The molecule has 148 valence electrons. The Morgan fingerprint density at radius 2 is 2.00 bits per heavy atom. The molecule has 1 atom stereocenters. The number of rotatable bonds is 6. The van der Waals surface area contributed by atoms with Crippen LogP contribution in [-0.4, -0.2) is 69.2 Å². The maximum Gasteiger partial charge on any atom is 0.266 e. The van der Waals surface area contributed by atoms with Gasteiger partial charge in [0.1, 0.15) is 11.6 Å². The van der Waals surface area contributed by atoms with Crippen molar-refractivity contribution in [1.82, 2.24) is 29.8 Å². The summed E-state index contributed by atoms with van der Waals surface area (Å²) in [5, 5.41) is 13.2. The van der Waals surface area contributed by atoms with E-state index in [4.69, 9.17) is 9.26 Å². The highest BCUT2D eigenvalue weighted by Gasteiger charge is 2.28. The van der Waals surface area contributed by atoms with Crippen LogP contribution in [0.2, 0.25) is 0 Å². The Morgan fingerprint density at radius 1 is 1.15 bits per heavy atom. The zero-order valence-electron chi connectivity index (χ0n) is 16.3. The topological polar surface area (TPSA) is 85.3 Å². The molecule has 2 aliphatic heterocycles. The summed E-state index contributed by atoms with van der Waals surface area (Å²) in [6.07, 6.45) is 4.04. The monoisotopic (exact) mass is 375 g/mol. The van der Waals surface area contributed by atoms with Crippen molar-refractivity contribution in [3.05, 3.63) is 17.5 Å². The maximum absolute atomic E-state index is 5.43. The van der Waals surface area contributed by atoms with Gasteiger partial charge in [-0.15, -0.1) is 10.2 Å². The average molecular weight is 375 g/mol. The van der Waals surface area contributed by atoms with Crippen molar-refractivity contribution in [3.8, 4) is 0 Å². The van der Waals surface area contributed by atoms with Crippen LogP contribution in [0.4, 0.5) is 5.95 Å². The van der Waals surface area contributed by atoms with E-state index in [-0.39, 0.29) is 0 Å². The van der Waals surface area contributed by atoms with E-state index >= 15 is 0 Å². The van der Waals surface area contributed by atoms with Crippen molar-refractivity contribution in [3.63, 3.8) is 0 Å². The van der Waals surface area contributed by atoms with E-state index in [1.165, 1.54) is 0 Å². The van der Waals surface area contributed by atoms with Gasteiger partial charge in [0.25, 0.3) is 5.95 Å². The van der Waals surface area contributed by atoms with Crippen molar-refractivity contribution in [2.45, 2.75) is 45.1 Å². The van der Waals surface area contributed by atoms with Gasteiger partial charge in [0, 0.05) is 45.6 Å². The fraction of sp³-hybridized carbons (Fsp3) is 0.778. The molecule has 1 unspecified atom stereocenters. The largest absolute Gasteiger partial charge is 0.379 e. The third kappa shape index (κ3) is 4.14. The number of morpholine rings is 1. The van der Waals surface area contributed by atoms with Crippen molar-refractivity contribution in [2.24, 2.45) is 7.05 Å². The minimum Gasteiger partial charge on any atom is -0.379 e. The second-order valence-corrected chi connectivity index (χ2v) is 7.45. The van der Waals surface area contributed by atoms with Gasteiger partial charge in [0.2, 0.25) is 5.89 Å². The number of piperidine rings is 1. The van der Waals surface area contributed by atoms with Crippen LogP contribution in [0.25, 0.3) is 0 Å². The first-order valence-electron chi connectivity index (χ1n) is 10.0. The van der Waals surface area contributed by atoms with Crippen molar-refractivity contribution in [1.29, 1.82) is 0 Å². The molecule has 0 spiro atoms. The number of hydrogen-bond acceptors (Lipinski definition) is 8. The minimum atomic E-state index is 0.336. The summed E-state index contributed by atoms with van der Waals surface area (Å²) in [5.74, 6) is 3.84. The Kier molecular flexibility index (Phi) is 5.68. The number of ether oxygens (including phenoxy) is 1. The predicted molar refractivity (Wildman–Crippen MR) is 99.6 cm³/mol. The number of anilines is 1. The summed E-state index contributed by atoms with van der Waals surface area (Å²) >= 11 is 0. The van der Waals surface area contributed by atoms with E-state index in [0.717, 1.165) is 89.2 Å². The molecule has 2 saturated heterocycles. The number of hydrogen-bond donors (Lipinski definition) is 0. The Bertz CT molecular complexity index is 738. The third-order valence-electron chi connectivity index (χ3n) is 5.46. The summed E-state index contributed by atoms with van der Waals surface area (Å²) < 4.78 is 13.0. The molecular weight excluding hydrogens is 346 g/mol. The smallest absolute Gasteiger partial charge is 0.266 e. The van der Waals surface area contributed by atoms with Gasteiger partial charge in [-0.25, -0.2) is 0 Å². The molecule has 27 heavy (non-hydrogen) atoms. The van der Waals surface area contributed by atoms with Crippen molar-refractivity contribution in [2.75, 3.05) is 44.3 Å². The van der Waals surface area contributed by atoms with Gasteiger partial charge in [-0.1, -0.05) is 6.92 Å². The summed E-state index contributed by atoms with van der Waals surface area (Å²) in [4.78, 5) is 9.13. The van der Waals surface area contributed by atoms with Gasteiger partial charge in [-0.3, -0.25) is 4.90 Å². The van der Waals surface area contributed by atoms with E-state index < -0.39 is 0 Å². The Morgan fingerprint density at radius 3 is 2.81 bits per heavy atom. The highest BCUT2D eigenvalue weighted by Crippen LogP contribution is 2.28. The molecule has 2 aromatic rings. The first-order chi connectivity index (χ1) is 13.2. The molecule has 9 heteroatoms. The van der Waals surface area contributed by atoms with Crippen LogP contribution in [0.1, 0.15) is 49.6 Å². The third-order valence-corrected chi connectivity index (χ3v) is 5.46. The van der Waals surface area contributed by atoms with E-state index in [1.807, 2.05) is 0 Å². The second kappa shape index (κ2) is 8.35. The SMILES string of the molecule is CCCc1nc(N2CCCC(c3nnc(CN4CCOCC4)n3C)C2)no1. The van der Waals surface area contributed by atoms with Crippen LogP contribution in [-0.2, 0) is 24.8 Å². The van der Waals surface area contributed by atoms with Gasteiger partial charge >= 0.3 is 0 Å². The van der Waals surface area contributed by atoms with Crippen LogP contribution in [0.3, 0.4) is 0 Å². The summed E-state index contributed by atoms with van der Waals surface area (Å²) in [7, 11) is 2.08. The molecule has 0 radical (unpaired) electrons. The van der Waals surface area contributed by atoms with E-state index in [9.17, 15) is 0 Å². The first kappa shape index (κ1) is 18.4. The van der Waals surface area contributed by atoms with Crippen LogP contribution in [0.15, 0.2) is 4.52 Å². The van der Waals surface area contributed by atoms with Crippen LogP contribution in [0, 0.1) is 0 Å².